The summed E-state index contributed by atoms with van der Waals surface area (Å²) in [5.74, 6) is 0. The van der Waals surface area contributed by atoms with E-state index in [1.807, 2.05) is 47.7 Å². The summed E-state index contributed by atoms with van der Waals surface area (Å²) in [5.41, 5.74) is 9.05. The zero-order valence-electron chi connectivity index (χ0n) is 23.7. The van der Waals surface area contributed by atoms with Gasteiger partial charge >= 0.3 is 0 Å². The highest BCUT2D eigenvalue weighted by Crippen LogP contribution is 2.42. The number of aryl methyl sites for hydroxylation is 1. The van der Waals surface area contributed by atoms with Gasteiger partial charge in [0.1, 0.15) is 0 Å². The quantitative estimate of drug-likeness (QED) is 0.182. The number of para-hydroxylation sites is 1. The molecule has 204 valence electrons. The molecule has 5 heteroatoms. The maximum Gasteiger partial charge on any atom is 0.188 e. The summed E-state index contributed by atoms with van der Waals surface area (Å²) in [7, 11) is 0. The van der Waals surface area contributed by atoms with E-state index >= 15 is 0 Å². The number of rotatable bonds is 2. The van der Waals surface area contributed by atoms with E-state index in [0.717, 1.165) is 33.0 Å². The summed E-state index contributed by atoms with van der Waals surface area (Å²) in [6.07, 6.45) is 0. The van der Waals surface area contributed by atoms with Crippen molar-refractivity contribution >= 4 is 86.5 Å². The van der Waals surface area contributed by atoms with Gasteiger partial charge in [0.15, 0.2) is 11.4 Å². The van der Waals surface area contributed by atoms with E-state index in [-0.39, 0.29) is 0 Å². The minimum atomic E-state index is 0.592. The fourth-order valence-electron chi connectivity index (χ4n) is 6.85. The van der Waals surface area contributed by atoms with E-state index in [2.05, 4.69) is 105 Å². The van der Waals surface area contributed by atoms with Gasteiger partial charge in [0.25, 0.3) is 0 Å². The van der Waals surface area contributed by atoms with Crippen LogP contribution in [0.5, 0.6) is 0 Å². The van der Waals surface area contributed by atoms with Crippen molar-refractivity contribution in [3.8, 4) is 11.4 Å². The van der Waals surface area contributed by atoms with E-state index in [1.165, 1.54) is 47.7 Å². The van der Waals surface area contributed by atoms with Crippen molar-refractivity contribution in [2.45, 2.75) is 6.92 Å². The number of hydrogen-bond acceptors (Lipinski definition) is 1. The summed E-state index contributed by atoms with van der Waals surface area (Å²) in [4.78, 5) is 7.35. The third kappa shape index (κ3) is 3.36. The molecule has 9 rings (SSSR count). The van der Waals surface area contributed by atoms with E-state index in [9.17, 15) is 0 Å². The molecule has 6 aromatic carbocycles. The van der Waals surface area contributed by atoms with Crippen molar-refractivity contribution < 1.29 is 0 Å². The Morgan fingerprint density at radius 1 is 0.523 bits per heavy atom. The van der Waals surface area contributed by atoms with Crippen LogP contribution in [0.2, 0.25) is 0 Å². The predicted octanol–water partition coefficient (Wildman–Crippen LogP) is 11.7. The van der Waals surface area contributed by atoms with Crippen molar-refractivity contribution in [1.29, 1.82) is 0 Å². The number of hydrogen-bond donors (Lipinski definition) is 0. The second-order valence-electron chi connectivity index (χ2n) is 11.3. The number of thiophene rings is 1. The molecule has 0 fully saturated rings. The first-order valence-electron chi connectivity index (χ1n) is 14.4. The minimum absolute atomic E-state index is 0.592. The molecule has 3 aromatic heterocycles. The van der Waals surface area contributed by atoms with Gasteiger partial charge in [-0.1, -0.05) is 54.1 Å². The van der Waals surface area contributed by atoms with Gasteiger partial charge in [-0.05, 0) is 84.4 Å². The highest BCUT2D eigenvalue weighted by atomic mass is 32.1. The van der Waals surface area contributed by atoms with E-state index in [1.54, 1.807) is 0 Å². The number of fused-ring (bicyclic) bond motifs is 9. The molecule has 0 aliphatic heterocycles. The summed E-state index contributed by atoms with van der Waals surface area (Å²) >= 11 is 1.86. The van der Waals surface area contributed by atoms with Gasteiger partial charge in [-0.15, -0.1) is 11.3 Å². The van der Waals surface area contributed by atoms with Gasteiger partial charge < -0.3 is 9.13 Å². The molecule has 0 radical (unpaired) electrons. The van der Waals surface area contributed by atoms with E-state index in [4.69, 9.17) is 13.1 Å². The van der Waals surface area contributed by atoms with Gasteiger partial charge in [-0.2, -0.15) is 0 Å². The standard InChI is InChI=1S/C39H22N4S/c1-23-11-18-38-32(19-23)28-8-6-10-37(39(28)44-38)43-33-9-5-4-7-27(33)31-22-26(14-17-36(31)43)42-34-15-12-24(40-2)20-29(34)30-21-25(41-3)13-16-35(30)42/h4-22H,1H3. The third-order valence-electron chi connectivity index (χ3n) is 8.78. The molecule has 4 nitrogen and oxygen atoms in total. The molecule has 0 atom stereocenters. The lowest BCUT2D eigenvalue weighted by Crippen LogP contribution is -1.96. The molecule has 0 bridgehead atoms. The van der Waals surface area contributed by atoms with Crippen LogP contribution in [-0.4, -0.2) is 9.13 Å². The topological polar surface area (TPSA) is 18.6 Å². The molecule has 0 unspecified atom stereocenters. The van der Waals surface area contributed by atoms with Crippen molar-refractivity contribution in [3.05, 3.63) is 144 Å². The lowest BCUT2D eigenvalue weighted by atomic mass is 10.1. The van der Waals surface area contributed by atoms with E-state index in [0.29, 0.717) is 11.4 Å². The predicted molar refractivity (Wildman–Crippen MR) is 185 cm³/mol. The Hall–Kier alpha value is -5.88. The summed E-state index contributed by atoms with van der Waals surface area (Å²) in [6.45, 7) is 17.3. The Morgan fingerprint density at radius 2 is 1.16 bits per heavy atom. The smallest absolute Gasteiger partial charge is 0.188 e. The second-order valence-corrected chi connectivity index (χ2v) is 12.3. The molecular weight excluding hydrogens is 557 g/mol. The lowest BCUT2D eigenvalue weighted by molar-refractivity contribution is 1.17. The normalized spacial score (nSPS) is 11.7. The third-order valence-corrected chi connectivity index (χ3v) is 9.99. The molecule has 0 amide bonds. The average molecular weight is 579 g/mol. The van der Waals surface area contributed by atoms with Gasteiger partial charge in [-0.25, -0.2) is 9.69 Å². The van der Waals surface area contributed by atoms with Crippen molar-refractivity contribution in [2.24, 2.45) is 0 Å². The molecule has 9 aromatic rings. The largest absolute Gasteiger partial charge is 0.309 e. The minimum Gasteiger partial charge on any atom is -0.309 e. The van der Waals surface area contributed by atoms with Crippen LogP contribution in [0.1, 0.15) is 5.56 Å². The van der Waals surface area contributed by atoms with Crippen LogP contribution in [0.15, 0.2) is 115 Å². The first-order valence-corrected chi connectivity index (χ1v) is 15.2. The van der Waals surface area contributed by atoms with Crippen LogP contribution < -0.4 is 0 Å². The molecule has 0 saturated carbocycles. The Morgan fingerprint density at radius 3 is 1.91 bits per heavy atom. The maximum absolute atomic E-state index is 7.58. The number of aromatic nitrogens is 2. The highest BCUT2D eigenvalue weighted by molar-refractivity contribution is 7.26. The van der Waals surface area contributed by atoms with Gasteiger partial charge in [-0.3, -0.25) is 0 Å². The lowest BCUT2D eigenvalue weighted by Gasteiger charge is -2.11. The Labute approximate surface area is 256 Å². The monoisotopic (exact) mass is 578 g/mol. The molecule has 3 heterocycles. The summed E-state index contributed by atoms with van der Waals surface area (Å²) in [5, 5.41) is 6.93. The zero-order valence-corrected chi connectivity index (χ0v) is 24.5. The first-order chi connectivity index (χ1) is 21.6. The SMILES string of the molecule is [C-]#[N+]c1ccc2c(c1)c1cc([N+]#[C-])ccc1n2-c1ccc2c(c1)c1ccccc1n2-c1cccc2c1sc1ccc(C)cc12. The Balaban J connectivity index is 1.35. The van der Waals surface area contributed by atoms with Gasteiger partial charge in [0, 0.05) is 31.9 Å². The fourth-order valence-corrected chi connectivity index (χ4v) is 8.04. The van der Waals surface area contributed by atoms with Crippen LogP contribution >= 0.6 is 11.3 Å². The van der Waals surface area contributed by atoms with Crippen molar-refractivity contribution in [3.63, 3.8) is 0 Å². The van der Waals surface area contributed by atoms with Crippen molar-refractivity contribution in [1.82, 2.24) is 9.13 Å². The second kappa shape index (κ2) is 9.06. The van der Waals surface area contributed by atoms with E-state index < -0.39 is 0 Å². The van der Waals surface area contributed by atoms with Gasteiger partial charge in [0.05, 0.1) is 45.6 Å². The first kappa shape index (κ1) is 24.7. The van der Waals surface area contributed by atoms with Crippen molar-refractivity contribution in [2.75, 3.05) is 0 Å². The molecule has 0 saturated heterocycles. The number of benzene rings is 6. The molecule has 0 aliphatic carbocycles. The number of nitrogens with zero attached hydrogens (tertiary/aromatic N) is 4. The fraction of sp³-hybridized carbons (Fsp3) is 0.0256. The molecular formula is C39H22N4S. The molecule has 0 spiro atoms. The molecule has 44 heavy (non-hydrogen) atoms. The average Bonchev–Trinajstić information content (AvgIpc) is 3.71. The summed E-state index contributed by atoms with van der Waals surface area (Å²) in [6, 6.07) is 40.4. The van der Waals surface area contributed by atoms with Crippen LogP contribution in [0, 0.1) is 20.1 Å². The highest BCUT2D eigenvalue weighted by Gasteiger charge is 2.19. The zero-order chi connectivity index (χ0) is 29.5. The van der Waals surface area contributed by atoms with Crippen LogP contribution in [0.25, 0.3) is 84.8 Å². The summed E-state index contributed by atoms with van der Waals surface area (Å²) < 4.78 is 7.26. The van der Waals surface area contributed by atoms with Crippen LogP contribution in [0.4, 0.5) is 11.4 Å². The van der Waals surface area contributed by atoms with Crippen LogP contribution in [-0.2, 0) is 0 Å². The Kier molecular flexibility index (Phi) is 5.08. The van der Waals surface area contributed by atoms with Crippen LogP contribution in [0.3, 0.4) is 0 Å². The maximum atomic E-state index is 7.58. The molecule has 0 N–H and O–H groups in total. The van der Waals surface area contributed by atoms with Gasteiger partial charge in [0.2, 0.25) is 0 Å². The molecule has 0 aliphatic rings. The Bertz CT molecular complexity index is 2690.